The molecule has 0 bridgehead atoms. The summed E-state index contributed by atoms with van der Waals surface area (Å²) in [7, 11) is 1.76. The fourth-order valence-electron chi connectivity index (χ4n) is 1.36. The zero-order valence-corrected chi connectivity index (χ0v) is 10.0. The topological polar surface area (TPSA) is 58.6 Å². The average Bonchev–Trinajstić information content (AvgIpc) is 2.28. The molecule has 0 aliphatic heterocycles. The molecule has 0 spiro atoms. The van der Waals surface area contributed by atoms with Gasteiger partial charge in [0.25, 0.3) is 0 Å². The van der Waals surface area contributed by atoms with Crippen LogP contribution in [0.5, 0.6) is 5.75 Å². The van der Waals surface area contributed by atoms with Crippen LogP contribution in [0.25, 0.3) is 0 Å². The van der Waals surface area contributed by atoms with Crippen molar-refractivity contribution in [2.24, 2.45) is 0 Å². The van der Waals surface area contributed by atoms with Crippen molar-refractivity contribution in [1.82, 2.24) is 5.32 Å². The molecule has 1 rings (SSSR count). The van der Waals surface area contributed by atoms with Gasteiger partial charge in [0.15, 0.2) is 6.10 Å². The van der Waals surface area contributed by atoms with Gasteiger partial charge in [0.2, 0.25) is 0 Å². The molecule has 0 heterocycles. The summed E-state index contributed by atoms with van der Waals surface area (Å²) in [6, 6.07) is 4.05. The Morgan fingerprint density at radius 1 is 1.47 bits per heavy atom. The third-order valence-electron chi connectivity index (χ3n) is 2.53. The summed E-state index contributed by atoms with van der Waals surface area (Å²) in [6.07, 6.45) is -1.01. The normalized spacial score (nSPS) is 14.1. The third-order valence-corrected chi connectivity index (χ3v) is 2.53. The van der Waals surface area contributed by atoms with Crippen LogP contribution >= 0.6 is 0 Å². The average molecular weight is 241 g/mol. The van der Waals surface area contributed by atoms with E-state index in [-0.39, 0.29) is 11.8 Å². The SMILES string of the molecule is CNC(C)c1ccc(F)cc1OC(C)C(=O)O. The van der Waals surface area contributed by atoms with Gasteiger partial charge in [0, 0.05) is 17.7 Å². The fraction of sp³-hybridized carbons (Fsp3) is 0.417. The fourth-order valence-corrected chi connectivity index (χ4v) is 1.36. The summed E-state index contributed by atoms with van der Waals surface area (Å²) < 4.78 is 18.3. The summed E-state index contributed by atoms with van der Waals surface area (Å²) in [4.78, 5) is 10.7. The Morgan fingerprint density at radius 3 is 2.65 bits per heavy atom. The number of carboxylic acid groups (broad SMARTS) is 1. The van der Waals surface area contributed by atoms with Crippen molar-refractivity contribution in [2.75, 3.05) is 7.05 Å². The van der Waals surface area contributed by atoms with Gasteiger partial charge in [-0.3, -0.25) is 0 Å². The monoisotopic (exact) mass is 241 g/mol. The lowest BCUT2D eigenvalue weighted by molar-refractivity contribution is -0.144. The van der Waals surface area contributed by atoms with Gasteiger partial charge in [-0.05, 0) is 27.0 Å². The van der Waals surface area contributed by atoms with Crippen molar-refractivity contribution in [2.45, 2.75) is 26.0 Å². The van der Waals surface area contributed by atoms with Gasteiger partial charge >= 0.3 is 5.97 Å². The summed E-state index contributed by atoms with van der Waals surface area (Å²) in [6.45, 7) is 3.28. The maximum absolute atomic E-state index is 13.1. The lowest BCUT2D eigenvalue weighted by atomic mass is 10.1. The number of carbonyl (C=O) groups is 1. The molecular weight excluding hydrogens is 225 g/mol. The highest BCUT2D eigenvalue weighted by Gasteiger charge is 2.17. The highest BCUT2D eigenvalue weighted by Crippen LogP contribution is 2.26. The smallest absolute Gasteiger partial charge is 0.344 e. The molecule has 94 valence electrons. The van der Waals surface area contributed by atoms with Gasteiger partial charge in [-0.15, -0.1) is 0 Å². The number of ether oxygens (including phenoxy) is 1. The second kappa shape index (κ2) is 5.63. The molecule has 5 heteroatoms. The van der Waals surface area contributed by atoms with E-state index in [1.165, 1.54) is 19.1 Å². The Hall–Kier alpha value is -1.62. The minimum atomic E-state index is -1.09. The van der Waals surface area contributed by atoms with E-state index in [4.69, 9.17) is 9.84 Å². The first-order valence-corrected chi connectivity index (χ1v) is 5.32. The molecule has 2 N–H and O–H groups in total. The second-order valence-electron chi connectivity index (χ2n) is 3.79. The van der Waals surface area contributed by atoms with Crippen LogP contribution in [0.15, 0.2) is 18.2 Å². The maximum atomic E-state index is 13.1. The minimum absolute atomic E-state index is 0.0494. The number of carboxylic acids is 1. The number of hydrogen-bond acceptors (Lipinski definition) is 3. The molecule has 1 aromatic rings. The molecule has 0 aromatic heterocycles. The molecule has 0 amide bonds. The first-order chi connectivity index (χ1) is 7.95. The summed E-state index contributed by atoms with van der Waals surface area (Å²) in [5.41, 5.74) is 0.724. The molecule has 1 aromatic carbocycles. The minimum Gasteiger partial charge on any atom is -0.479 e. The van der Waals surface area contributed by atoms with Crippen LogP contribution in [0.4, 0.5) is 4.39 Å². The van der Waals surface area contributed by atoms with Crippen LogP contribution < -0.4 is 10.1 Å². The Balaban J connectivity index is 3.02. The third kappa shape index (κ3) is 3.42. The summed E-state index contributed by atoms with van der Waals surface area (Å²) in [5, 5.41) is 11.8. The van der Waals surface area contributed by atoms with Crippen molar-refractivity contribution in [3.05, 3.63) is 29.6 Å². The second-order valence-corrected chi connectivity index (χ2v) is 3.79. The van der Waals surface area contributed by atoms with E-state index in [0.29, 0.717) is 0 Å². The van der Waals surface area contributed by atoms with Crippen molar-refractivity contribution < 1.29 is 19.0 Å². The molecule has 17 heavy (non-hydrogen) atoms. The van der Waals surface area contributed by atoms with E-state index in [9.17, 15) is 9.18 Å². The number of halogens is 1. The van der Waals surface area contributed by atoms with E-state index in [1.54, 1.807) is 13.1 Å². The first kappa shape index (κ1) is 13.4. The molecule has 0 fully saturated rings. The molecule has 2 unspecified atom stereocenters. The van der Waals surface area contributed by atoms with E-state index < -0.39 is 17.9 Å². The van der Waals surface area contributed by atoms with Crippen LogP contribution in [-0.4, -0.2) is 24.2 Å². The molecule has 0 radical (unpaired) electrons. The van der Waals surface area contributed by atoms with Gasteiger partial charge in [-0.25, -0.2) is 9.18 Å². The van der Waals surface area contributed by atoms with Crippen LogP contribution in [-0.2, 0) is 4.79 Å². The molecular formula is C12H16FNO3. The standard InChI is InChI=1S/C12H16FNO3/c1-7(14-3)10-5-4-9(13)6-11(10)17-8(2)12(15)16/h4-8,14H,1-3H3,(H,15,16). The number of rotatable bonds is 5. The Bertz CT molecular complexity index is 409. The Labute approximate surface area is 99.4 Å². The molecule has 0 saturated carbocycles. The number of hydrogen-bond donors (Lipinski definition) is 2. The zero-order chi connectivity index (χ0) is 13.0. The number of nitrogens with one attached hydrogen (secondary N) is 1. The summed E-state index contributed by atoms with van der Waals surface area (Å²) >= 11 is 0. The predicted octanol–water partition coefficient (Wildman–Crippen LogP) is 1.96. The van der Waals surface area contributed by atoms with Crippen LogP contribution in [0.1, 0.15) is 25.5 Å². The first-order valence-electron chi connectivity index (χ1n) is 5.32. The quantitative estimate of drug-likeness (QED) is 0.827. The van der Waals surface area contributed by atoms with Crippen molar-refractivity contribution >= 4 is 5.97 Å². The zero-order valence-electron chi connectivity index (χ0n) is 10.0. The van der Waals surface area contributed by atoms with E-state index in [0.717, 1.165) is 5.56 Å². The lowest BCUT2D eigenvalue weighted by Crippen LogP contribution is -2.24. The van der Waals surface area contributed by atoms with Crippen molar-refractivity contribution in [1.29, 1.82) is 0 Å². The van der Waals surface area contributed by atoms with Gasteiger partial charge in [0.1, 0.15) is 11.6 Å². The van der Waals surface area contributed by atoms with Crippen LogP contribution in [0.3, 0.4) is 0 Å². The van der Waals surface area contributed by atoms with E-state index in [1.807, 2.05) is 6.92 Å². The Kier molecular flexibility index (Phi) is 4.45. The maximum Gasteiger partial charge on any atom is 0.344 e. The highest BCUT2D eigenvalue weighted by molar-refractivity contribution is 5.72. The largest absolute Gasteiger partial charge is 0.479 e. The highest BCUT2D eigenvalue weighted by atomic mass is 19.1. The number of aliphatic carboxylic acids is 1. The predicted molar refractivity (Wildman–Crippen MR) is 61.6 cm³/mol. The van der Waals surface area contributed by atoms with Gasteiger partial charge < -0.3 is 15.2 Å². The van der Waals surface area contributed by atoms with Crippen LogP contribution in [0, 0.1) is 5.82 Å². The molecule has 2 atom stereocenters. The van der Waals surface area contributed by atoms with Crippen molar-refractivity contribution in [3.8, 4) is 5.75 Å². The van der Waals surface area contributed by atoms with Gasteiger partial charge in [-0.1, -0.05) is 6.07 Å². The lowest BCUT2D eigenvalue weighted by Gasteiger charge is -2.18. The Morgan fingerprint density at radius 2 is 2.12 bits per heavy atom. The van der Waals surface area contributed by atoms with Crippen molar-refractivity contribution in [3.63, 3.8) is 0 Å². The number of benzene rings is 1. The molecule has 0 saturated heterocycles. The van der Waals surface area contributed by atoms with Gasteiger partial charge in [0.05, 0.1) is 0 Å². The van der Waals surface area contributed by atoms with E-state index in [2.05, 4.69) is 5.32 Å². The molecule has 0 aliphatic rings. The molecule has 4 nitrogen and oxygen atoms in total. The summed E-state index contributed by atoms with van der Waals surface area (Å²) in [5.74, 6) is -1.29. The molecule has 0 aliphatic carbocycles. The van der Waals surface area contributed by atoms with E-state index >= 15 is 0 Å². The van der Waals surface area contributed by atoms with Gasteiger partial charge in [-0.2, -0.15) is 0 Å². The van der Waals surface area contributed by atoms with Crippen LogP contribution in [0.2, 0.25) is 0 Å².